The van der Waals surface area contributed by atoms with Crippen molar-refractivity contribution in [3.8, 4) is 45.6 Å². The van der Waals surface area contributed by atoms with Gasteiger partial charge in [0.1, 0.15) is 68.0 Å². The van der Waals surface area contributed by atoms with Gasteiger partial charge in [0, 0.05) is 46.2 Å². The van der Waals surface area contributed by atoms with Gasteiger partial charge in [0.2, 0.25) is 0 Å². The van der Waals surface area contributed by atoms with E-state index in [4.69, 9.17) is 18.3 Å². The summed E-state index contributed by atoms with van der Waals surface area (Å²) in [7, 11) is 2.75. The summed E-state index contributed by atoms with van der Waals surface area (Å²) in [5.41, 5.74) is -0.338. The Labute approximate surface area is 224 Å². The number of hydrogen-bond acceptors (Lipinski definition) is 10. The fourth-order valence-corrected chi connectivity index (χ4v) is 5.40. The van der Waals surface area contributed by atoms with Gasteiger partial charge >= 0.3 is 0 Å². The van der Waals surface area contributed by atoms with Crippen LogP contribution in [0.25, 0.3) is 54.6 Å². The van der Waals surface area contributed by atoms with Gasteiger partial charge in [0.05, 0.1) is 25.0 Å². The molecule has 0 aliphatic carbocycles. The lowest BCUT2D eigenvalue weighted by Crippen LogP contribution is -2.03. The van der Waals surface area contributed by atoms with E-state index in [1.54, 1.807) is 13.8 Å². The van der Waals surface area contributed by atoms with E-state index < -0.39 is 22.4 Å². The molecule has 6 aromatic rings. The number of phenolic OH excluding ortho intramolecular Hbond substituents is 4. The van der Waals surface area contributed by atoms with Crippen LogP contribution in [0.3, 0.4) is 0 Å². The van der Waals surface area contributed by atoms with Crippen molar-refractivity contribution in [2.24, 2.45) is 0 Å². The van der Waals surface area contributed by atoms with Crippen LogP contribution in [0.2, 0.25) is 0 Å². The van der Waals surface area contributed by atoms with Gasteiger partial charge in [0.25, 0.3) is 0 Å². The summed E-state index contributed by atoms with van der Waals surface area (Å²) in [6, 6.07) is 7.97. The van der Waals surface area contributed by atoms with Crippen LogP contribution in [0.1, 0.15) is 11.5 Å². The smallest absolute Gasteiger partial charge is 0.196 e. The number of aromatic hydroxyl groups is 4. The lowest BCUT2D eigenvalue weighted by atomic mass is 9.89. The van der Waals surface area contributed by atoms with Gasteiger partial charge in [-0.2, -0.15) is 0 Å². The van der Waals surface area contributed by atoms with Gasteiger partial charge in [-0.3, -0.25) is 9.59 Å². The maximum Gasteiger partial charge on any atom is 0.196 e. The molecule has 0 radical (unpaired) electrons. The molecule has 6 rings (SSSR count). The highest BCUT2D eigenvalue weighted by atomic mass is 16.5. The summed E-state index contributed by atoms with van der Waals surface area (Å²) < 4.78 is 22.8. The molecule has 0 saturated heterocycles. The van der Waals surface area contributed by atoms with E-state index in [9.17, 15) is 30.0 Å². The molecule has 10 nitrogen and oxygen atoms in total. The number of aryl methyl sites for hydroxylation is 2. The molecule has 2 heterocycles. The van der Waals surface area contributed by atoms with Crippen LogP contribution in [0.4, 0.5) is 0 Å². The molecular formula is C30H22O10. The molecular weight excluding hydrogens is 520 g/mol. The third-order valence-corrected chi connectivity index (χ3v) is 7.00. The van der Waals surface area contributed by atoms with Crippen LogP contribution in [-0.4, -0.2) is 34.6 Å². The molecule has 0 aliphatic rings. The second-order valence-corrected chi connectivity index (χ2v) is 9.43. The predicted octanol–water partition coefficient (Wildman–Crippen LogP) is 5.33. The largest absolute Gasteiger partial charge is 0.507 e. The molecule has 202 valence electrons. The Morgan fingerprint density at radius 1 is 0.575 bits per heavy atom. The van der Waals surface area contributed by atoms with E-state index in [0.717, 1.165) is 0 Å². The number of methoxy groups -OCH3 is 2. The van der Waals surface area contributed by atoms with Gasteiger partial charge in [-0.1, -0.05) is 0 Å². The molecule has 0 spiro atoms. The zero-order chi connectivity index (χ0) is 28.6. The van der Waals surface area contributed by atoms with Gasteiger partial charge in [0.15, 0.2) is 10.9 Å². The number of fused-ring (bicyclic) bond motifs is 4. The Hall–Kier alpha value is -5.38. The van der Waals surface area contributed by atoms with Crippen LogP contribution < -0.4 is 20.3 Å². The Kier molecular flexibility index (Phi) is 5.34. The minimum absolute atomic E-state index is 0.0564. The molecule has 2 aromatic heterocycles. The minimum Gasteiger partial charge on any atom is -0.507 e. The third kappa shape index (κ3) is 3.35. The van der Waals surface area contributed by atoms with Gasteiger partial charge < -0.3 is 38.7 Å². The van der Waals surface area contributed by atoms with E-state index in [-0.39, 0.29) is 77.6 Å². The summed E-state index contributed by atoms with van der Waals surface area (Å²) in [4.78, 5) is 25.5. The molecule has 0 saturated carbocycles. The van der Waals surface area contributed by atoms with Crippen molar-refractivity contribution in [1.82, 2.24) is 0 Å². The Morgan fingerprint density at radius 2 is 0.950 bits per heavy atom. The van der Waals surface area contributed by atoms with Crippen molar-refractivity contribution in [3.05, 3.63) is 68.4 Å². The predicted molar refractivity (Wildman–Crippen MR) is 148 cm³/mol. The Bertz CT molecular complexity index is 2030. The Morgan fingerprint density at radius 3 is 1.30 bits per heavy atom. The lowest BCUT2D eigenvalue weighted by molar-refractivity contribution is 0.404. The number of rotatable bonds is 3. The summed E-state index contributed by atoms with van der Waals surface area (Å²) in [5.74, 6) is -0.861. The summed E-state index contributed by atoms with van der Waals surface area (Å²) >= 11 is 0. The average Bonchev–Trinajstić information content (AvgIpc) is 2.87. The first kappa shape index (κ1) is 24.9. The summed E-state index contributed by atoms with van der Waals surface area (Å²) in [6.45, 7) is 3.18. The van der Waals surface area contributed by atoms with Crippen molar-refractivity contribution in [2.45, 2.75) is 13.8 Å². The van der Waals surface area contributed by atoms with E-state index >= 15 is 0 Å². The summed E-state index contributed by atoms with van der Waals surface area (Å²) in [5, 5.41) is 44.4. The van der Waals surface area contributed by atoms with Crippen molar-refractivity contribution in [3.63, 3.8) is 0 Å². The molecule has 4 N–H and O–H groups in total. The van der Waals surface area contributed by atoms with Gasteiger partial charge in [-0.15, -0.1) is 0 Å². The molecule has 4 aromatic carbocycles. The molecule has 0 aliphatic heterocycles. The van der Waals surface area contributed by atoms with Crippen LogP contribution in [0.5, 0.6) is 34.5 Å². The topological polar surface area (TPSA) is 160 Å². The second kappa shape index (κ2) is 8.57. The fourth-order valence-electron chi connectivity index (χ4n) is 5.40. The number of ether oxygens (including phenoxy) is 2. The molecule has 40 heavy (non-hydrogen) atoms. The normalized spacial score (nSPS) is 11.6. The standard InChI is InChI=1S/C30H22O10/c1-11-5-15(31)27-21(39-11)7-13-23(29(27)35)17(33)9-19(37-3)25(13)26-14-8-22-28(16(32)6-12(2)40-22)30(36)24(14)18(34)10-20(26)38-4/h5-10,33-36H,1-4H3. The molecule has 0 amide bonds. The first-order valence-corrected chi connectivity index (χ1v) is 12.1. The Balaban J connectivity index is 1.92. The van der Waals surface area contributed by atoms with Crippen molar-refractivity contribution in [2.75, 3.05) is 14.2 Å². The maximum absolute atomic E-state index is 12.7. The zero-order valence-corrected chi connectivity index (χ0v) is 21.7. The zero-order valence-electron chi connectivity index (χ0n) is 21.7. The van der Waals surface area contributed by atoms with E-state index in [0.29, 0.717) is 11.5 Å². The highest BCUT2D eigenvalue weighted by Gasteiger charge is 2.27. The first-order valence-electron chi connectivity index (χ1n) is 12.1. The number of phenols is 4. The quantitative estimate of drug-likeness (QED) is 0.215. The van der Waals surface area contributed by atoms with E-state index in [1.165, 1.54) is 50.6 Å². The van der Waals surface area contributed by atoms with Crippen molar-refractivity contribution in [1.29, 1.82) is 0 Å². The maximum atomic E-state index is 12.7. The highest BCUT2D eigenvalue weighted by molar-refractivity contribution is 6.19. The van der Waals surface area contributed by atoms with Crippen LogP contribution in [0.15, 0.2) is 54.8 Å². The second-order valence-electron chi connectivity index (χ2n) is 9.43. The van der Waals surface area contributed by atoms with Crippen LogP contribution in [-0.2, 0) is 0 Å². The molecule has 0 bridgehead atoms. The van der Waals surface area contributed by atoms with E-state index in [2.05, 4.69) is 0 Å². The average molecular weight is 542 g/mol. The highest BCUT2D eigenvalue weighted by Crippen LogP contribution is 2.53. The van der Waals surface area contributed by atoms with Crippen molar-refractivity contribution < 1.29 is 38.7 Å². The number of benzene rings is 4. The van der Waals surface area contributed by atoms with Crippen molar-refractivity contribution >= 4 is 43.5 Å². The van der Waals surface area contributed by atoms with E-state index in [1.807, 2.05) is 0 Å². The SMILES string of the molecule is COc1cc(O)c2c(O)c3c(=O)cc(C)oc3cc2c1-c1c(OC)cc(O)c2c(O)c3c(=O)cc(C)oc3cc12. The third-order valence-electron chi connectivity index (χ3n) is 7.00. The molecule has 0 fully saturated rings. The van der Waals surface area contributed by atoms with Crippen LogP contribution in [0, 0.1) is 13.8 Å². The molecule has 0 atom stereocenters. The molecule has 0 unspecified atom stereocenters. The lowest BCUT2D eigenvalue weighted by Gasteiger charge is -2.20. The van der Waals surface area contributed by atoms with Gasteiger partial charge in [-0.05, 0) is 26.0 Å². The minimum atomic E-state index is -0.500. The number of hydrogen-bond donors (Lipinski definition) is 4. The van der Waals surface area contributed by atoms with Crippen LogP contribution >= 0.6 is 0 Å². The fraction of sp³-hybridized carbons (Fsp3) is 0.133. The molecule has 10 heteroatoms. The van der Waals surface area contributed by atoms with Gasteiger partial charge in [-0.25, -0.2) is 0 Å². The monoisotopic (exact) mass is 542 g/mol. The summed E-state index contributed by atoms with van der Waals surface area (Å²) in [6.07, 6.45) is 0. The first-order chi connectivity index (χ1) is 19.0.